The highest BCUT2D eigenvalue weighted by atomic mass is 32.2. The Balaban J connectivity index is 1.65. The van der Waals surface area contributed by atoms with E-state index >= 15 is 0 Å². The molecule has 4 rings (SSSR count). The fourth-order valence-corrected chi connectivity index (χ4v) is 8.68. The molecule has 17 heteroatoms. The number of amides is 4. The van der Waals surface area contributed by atoms with Crippen molar-refractivity contribution in [1.82, 2.24) is 26.2 Å². The van der Waals surface area contributed by atoms with Crippen molar-refractivity contribution in [2.45, 2.75) is 78.1 Å². The van der Waals surface area contributed by atoms with Gasteiger partial charge in [-0.25, -0.2) is 9.69 Å². The number of aliphatic carboxylic acids is 2. The molecule has 49 heavy (non-hydrogen) atoms. The third-order valence-electron chi connectivity index (χ3n) is 8.28. The predicted molar refractivity (Wildman–Crippen MR) is 182 cm³/mol. The Labute approximate surface area is 291 Å². The standard InChI is InChI=1S/C32H40N6O9S2/c1-31(2)22(28(42)43)34-18(48-31)15-38(30(46)47)27(41)20(17-13-9-6-10-14-17)35-25(40)21(26-37-23(29(44)45)32(3,4)49-26)36-24(39)19(33)16-11-7-5-8-12-16/h5-14,18-23,26,34,37H,15,33H2,1-4H3,(H,35,40)(H,36,39)(H,42,43)(H,44,45)(H,46,47)/t18?,19-,20-,21?,22+,23+,26?/m1/s1. The molecule has 2 aliphatic rings. The molecule has 9 N–H and O–H groups in total. The van der Waals surface area contributed by atoms with E-state index in [9.17, 15) is 44.1 Å². The predicted octanol–water partition coefficient (Wildman–Crippen LogP) is 1.32. The van der Waals surface area contributed by atoms with Gasteiger partial charge in [0.25, 0.3) is 5.91 Å². The number of nitrogens with zero attached hydrogens (tertiary/aromatic N) is 1. The van der Waals surface area contributed by atoms with Crippen LogP contribution in [0.3, 0.4) is 0 Å². The van der Waals surface area contributed by atoms with E-state index in [0.717, 1.165) is 11.8 Å². The maximum Gasteiger partial charge on any atom is 0.414 e. The summed E-state index contributed by atoms with van der Waals surface area (Å²) in [6.07, 6.45) is -1.63. The Morgan fingerprint density at radius 1 is 0.776 bits per heavy atom. The summed E-state index contributed by atoms with van der Waals surface area (Å²) >= 11 is 2.27. The van der Waals surface area contributed by atoms with E-state index in [4.69, 9.17) is 5.73 Å². The molecule has 2 saturated heterocycles. The van der Waals surface area contributed by atoms with Crippen molar-refractivity contribution in [2.24, 2.45) is 5.73 Å². The van der Waals surface area contributed by atoms with Crippen LogP contribution in [0, 0.1) is 0 Å². The molecule has 4 amide bonds. The highest BCUT2D eigenvalue weighted by Gasteiger charge is 2.50. The first-order chi connectivity index (χ1) is 22.9. The number of carboxylic acids is 2. The maximum atomic E-state index is 14.2. The molecule has 0 bridgehead atoms. The zero-order valence-electron chi connectivity index (χ0n) is 27.2. The minimum atomic E-state index is -1.63. The number of rotatable bonds is 12. The summed E-state index contributed by atoms with van der Waals surface area (Å²) in [5, 5.41) is 38.8. The van der Waals surface area contributed by atoms with Crippen LogP contribution in [0.25, 0.3) is 0 Å². The lowest BCUT2D eigenvalue weighted by Crippen LogP contribution is -2.59. The molecule has 0 aliphatic carbocycles. The first-order valence-electron chi connectivity index (χ1n) is 15.3. The Hall–Kier alpha value is -4.16. The first-order valence-corrected chi connectivity index (χ1v) is 17.0. The molecule has 0 aromatic heterocycles. The van der Waals surface area contributed by atoms with Crippen molar-refractivity contribution < 1.29 is 44.1 Å². The number of thioether (sulfide) groups is 2. The molecule has 0 spiro atoms. The molecule has 2 aliphatic heterocycles. The smallest absolute Gasteiger partial charge is 0.414 e. The van der Waals surface area contributed by atoms with E-state index in [2.05, 4.69) is 21.3 Å². The van der Waals surface area contributed by atoms with Gasteiger partial charge in [-0.15, -0.1) is 23.5 Å². The van der Waals surface area contributed by atoms with Gasteiger partial charge in [0, 0.05) is 9.49 Å². The molecule has 264 valence electrons. The quantitative estimate of drug-likeness (QED) is 0.155. The van der Waals surface area contributed by atoms with Crippen molar-refractivity contribution in [2.75, 3.05) is 6.54 Å². The lowest BCUT2D eigenvalue weighted by Gasteiger charge is -2.30. The number of nitrogens with two attached hydrogens (primary N) is 1. The zero-order valence-corrected chi connectivity index (χ0v) is 28.8. The van der Waals surface area contributed by atoms with Gasteiger partial charge in [-0.2, -0.15) is 0 Å². The number of carbonyl (C=O) groups is 6. The topological polar surface area (TPSA) is 240 Å². The number of hydrogen-bond acceptors (Lipinski definition) is 11. The van der Waals surface area contributed by atoms with Gasteiger partial charge in [0.2, 0.25) is 11.8 Å². The number of carboxylic acid groups (broad SMARTS) is 3. The molecule has 3 unspecified atom stereocenters. The Morgan fingerprint density at radius 3 is 1.78 bits per heavy atom. The van der Waals surface area contributed by atoms with Gasteiger partial charge in [-0.1, -0.05) is 60.7 Å². The second-order valence-electron chi connectivity index (χ2n) is 12.7. The fraction of sp³-hybridized carbons (Fsp3) is 0.438. The monoisotopic (exact) mass is 716 g/mol. The van der Waals surface area contributed by atoms with Gasteiger partial charge in [0.15, 0.2) is 0 Å². The summed E-state index contributed by atoms with van der Waals surface area (Å²) in [5.74, 6) is -5.00. The molecule has 2 heterocycles. The summed E-state index contributed by atoms with van der Waals surface area (Å²) in [5.41, 5.74) is 6.90. The highest BCUT2D eigenvalue weighted by Crippen LogP contribution is 2.40. The van der Waals surface area contributed by atoms with Gasteiger partial charge in [-0.3, -0.25) is 34.6 Å². The minimum Gasteiger partial charge on any atom is -0.480 e. The maximum absolute atomic E-state index is 14.2. The first kappa shape index (κ1) is 37.7. The fourth-order valence-electron chi connectivity index (χ4n) is 5.72. The van der Waals surface area contributed by atoms with E-state index in [-0.39, 0.29) is 5.56 Å². The summed E-state index contributed by atoms with van der Waals surface area (Å²) in [4.78, 5) is 78.5. The van der Waals surface area contributed by atoms with Crippen LogP contribution in [0.4, 0.5) is 4.79 Å². The molecule has 2 aromatic rings. The normalized spacial score (nSPS) is 24.2. The second-order valence-corrected chi connectivity index (χ2v) is 16.3. The van der Waals surface area contributed by atoms with Gasteiger partial charge in [0.05, 0.1) is 17.3 Å². The molecule has 7 atom stereocenters. The number of carbonyl (C=O) groups excluding carboxylic acids is 3. The van der Waals surface area contributed by atoms with Crippen LogP contribution in [-0.4, -0.2) is 101 Å². The van der Waals surface area contributed by atoms with Crippen molar-refractivity contribution in [3.63, 3.8) is 0 Å². The number of benzene rings is 2. The molecular weight excluding hydrogens is 677 g/mol. The lowest BCUT2D eigenvalue weighted by atomic mass is 10.0. The van der Waals surface area contributed by atoms with E-state index in [0.29, 0.717) is 10.5 Å². The number of imide groups is 1. The van der Waals surface area contributed by atoms with Gasteiger partial charge < -0.3 is 31.7 Å². The van der Waals surface area contributed by atoms with Crippen LogP contribution in [0.2, 0.25) is 0 Å². The number of hydrogen-bond donors (Lipinski definition) is 8. The lowest BCUT2D eigenvalue weighted by molar-refractivity contribution is -0.141. The van der Waals surface area contributed by atoms with Crippen molar-refractivity contribution in [1.29, 1.82) is 0 Å². The Kier molecular flexibility index (Phi) is 11.7. The van der Waals surface area contributed by atoms with Crippen LogP contribution in [0.1, 0.15) is 50.9 Å². The van der Waals surface area contributed by atoms with Crippen LogP contribution in [0.15, 0.2) is 60.7 Å². The van der Waals surface area contributed by atoms with Gasteiger partial charge >= 0.3 is 18.0 Å². The molecule has 2 aromatic carbocycles. The molecule has 0 saturated carbocycles. The van der Waals surface area contributed by atoms with E-state index in [1.165, 1.54) is 23.9 Å². The highest BCUT2D eigenvalue weighted by molar-refractivity contribution is 8.01. The largest absolute Gasteiger partial charge is 0.480 e. The Bertz CT molecular complexity index is 1580. The zero-order chi connectivity index (χ0) is 36.3. The van der Waals surface area contributed by atoms with Crippen molar-refractivity contribution in [3.8, 4) is 0 Å². The summed E-state index contributed by atoms with van der Waals surface area (Å²) in [6.45, 7) is 6.27. The second kappa shape index (κ2) is 15.2. The third-order valence-corrected chi connectivity index (χ3v) is 11.2. The average Bonchev–Trinajstić information content (AvgIpc) is 3.54. The van der Waals surface area contributed by atoms with Crippen LogP contribution in [0.5, 0.6) is 0 Å². The SMILES string of the molecule is CC1(C)SC(CN(C(=O)O)C(=O)[C@H](NC(=O)C(NC(=O)[C@H](N)c2ccccc2)C2N[C@@H](C(=O)O)C(C)(C)S2)c2ccccc2)N[C@H]1C(=O)O. The molecule has 15 nitrogen and oxygen atoms in total. The van der Waals surface area contributed by atoms with E-state index < -0.39 is 92.7 Å². The van der Waals surface area contributed by atoms with Crippen LogP contribution < -0.4 is 27.0 Å². The van der Waals surface area contributed by atoms with Crippen molar-refractivity contribution in [3.05, 3.63) is 71.8 Å². The molecular formula is C32H40N6O9S2. The van der Waals surface area contributed by atoms with Gasteiger partial charge in [0.1, 0.15) is 30.2 Å². The third kappa shape index (κ3) is 8.72. The van der Waals surface area contributed by atoms with E-state index in [1.54, 1.807) is 76.2 Å². The Morgan fingerprint density at radius 2 is 1.29 bits per heavy atom. The molecule has 2 fully saturated rings. The van der Waals surface area contributed by atoms with Gasteiger partial charge in [-0.05, 0) is 38.8 Å². The minimum absolute atomic E-state index is 0.227. The number of nitrogens with one attached hydrogen (secondary N) is 4. The van der Waals surface area contributed by atoms with Crippen LogP contribution >= 0.6 is 23.5 Å². The average molecular weight is 717 g/mol. The van der Waals surface area contributed by atoms with Crippen LogP contribution in [-0.2, 0) is 24.0 Å². The summed E-state index contributed by atoms with van der Waals surface area (Å²) in [6, 6.07) is 9.89. The van der Waals surface area contributed by atoms with E-state index in [1.807, 2.05) is 0 Å². The molecule has 0 radical (unpaired) electrons. The summed E-state index contributed by atoms with van der Waals surface area (Å²) < 4.78 is -1.75. The summed E-state index contributed by atoms with van der Waals surface area (Å²) in [7, 11) is 0. The van der Waals surface area contributed by atoms with Crippen molar-refractivity contribution >= 4 is 59.3 Å².